The number of aromatic hydroxyl groups is 1. The van der Waals surface area contributed by atoms with E-state index in [0.717, 1.165) is 0 Å². The van der Waals surface area contributed by atoms with Crippen LogP contribution in [0.1, 0.15) is 21.5 Å². The second-order valence-electron chi connectivity index (χ2n) is 4.42. The number of phenols is 1. The lowest BCUT2D eigenvalue weighted by Gasteiger charge is -2.10. The number of hydrogen-bond acceptors (Lipinski definition) is 5. The first kappa shape index (κ1) is 14.4. The van der Waals surface area contributed by atoms with Gasteiger partial charge in [0.05, 0.1) is 11.8 Å². The number of nitrogens with zero attached hydrogens (tertiary/aromatic N) is 3. The van der Waals surface area contributed by atoms with Crippen LogP contribution in [0.3, 0.4) is 0 Å². The van der Waals surface area contributed by atoms with E-state index in [2.05, 4.69) is 15.6 Å². The number of oxime groups is 1. The maximum Gasteiger partial charge on any atom is 0.257 e. The van der Waals surface area contributed by atoms with Crippen molar-refractivity contribution in [2.24, 2.45) is 17.9 Å². The Morgan fingerprint density at radius 2 is 2.14 bits per heavy atom. The van der Waals surface area contributed by atoms with Crippen molar-refractivity contribution >= 4 is 17.6 Å². The second-order valence-corrected chi connectivity index (χ2v) is 4.42. The van der Waals surface area contributed by atoms with Gasteiger partial charge in [0, 0.05) is 18.2 Å². The molecule has 1 heterocycles. The van der Waals surface area contributed by atoms with Crippen LogP contribution in [0.4, 0.5) is 5.82 Å². The third-order valence-electron chi connectivity index (χ3n) is 3.10. The van der Waals surface area contributed by atoms with E-state index in [9.17, 15) is 9.90 Å². The van der Waals surface area contributed by atoms with Gasteiger partial charge in [-0.1, -0.05) is 11.2 Å². The van der Waals surface area contributed by atoms with E-state index in [4.69, 9.17) is 10.9 Å². The summed E-state index contributed by atoms with van der Waals surface area (Å²) in [6.45, 7) is 1.64. The molecule has 0 saturated heterocycles. The van der Waals surface area contributed by atoms with Crippen molar-refractivity contribution in [2.45, 2.75) is 6.92 Å². The molecule has 0 bridgehead atoms. The van der Waals surface area contributed by atoms with Crippen LogP contribution in [0.2, 0.25) is 0 Å². The van der Waals surface area contributed by atoms with Gasteiger partial charge >= 0.3 is 0 Å². The van der Waals surface area contributed by atoms with Crippen LogP contribution < -0.4 is 11.1 Å². The van der Waals surface area contributed by atoms with Crippen LogP contribution in [0, 0.1) is 6.92 Å². The topological polar surface area (TPSA) is 126 Å². The minimum Gasteiger partial charge on any atom is -0.508 e. The zero-order valence-electron chi connectivity index (χ0n) is 11.5. The summed E-state index contributed by atoms with van der Waals surface area (Å²) in [5.41, 5.74) is 6.61. The number of rotatable bonds is 3. The first-order valence-electron chi connectivity index (χ1n) is 6.05. The van der Waals surface area contributed by atoms with E-state index in [1.807, 2.05) is 0 Å². The predicted molar refractivity (Wildman–Crippen MR) is 76.5 cm³/mol. The van der Waals surface area contributed by atoms with Crippen molar-refractivity contribution in [3.8, 4) is 5.75 Å². The summed E-state index contributed by atoms with van der Waals surface area (Å²) in [5.74, 6) is -0.271. The molecule has 0 atom stereocenters. The smallest absolute Gasteiger partial charge is 0.257 e. The summed E-state index contributed by atoms with van der Waals surface area (Å²) in [6.07, 6.45) is 1.37. The van der Waals surface area contributed by atoms with E-state index in [1.54, 1.807) is 26.1 Å². The first-order valence-corrected chi connectivity index (χ1v) is 6.05. The van der Waals surface area contributed by atoms with Crippen LogP contribution in [-0.4, -0.2) is 31.8 Å². The highest BCUT2D eigenvalue weighted by Gasteiger charge is 2.18. The minimum atomic E-state index is -0.431. The van der Waals surface area contributed by atoms with Gasteiger partial charge in [0.15, 0.2) is 5.84 Å². The third kappa shape index (κ3) is 2.64. The fourth-order valence-electron chi connectivity index (χ4n) is 1.87. The van der Waals surface area contributed by atoms with Gasteiger partial charge in [0.2, 0.25) is 0 Å². The van der Waals surface area contributed by atoms with Gasteiger partial charge in [-0.2, -0.15) is 5.10 Å². The van der Waals surface area contributed by atoms with Crippen LogP contribution in [0.5, 0.6) is 5.75 Å². The van der Waals surface area contributed by atoms with Crippen molar-refractivity contribution in [3.05, 3.63) is 41.1 Å². The first-order chi connectivity index (χ1) is 9.95. The highest BCUT2D eigenvalue weighted by molar-refractivity contribution is 6.09. The molecular weight excluding hydrogens is 274 g/mol. The van der Waals surface area contributed by atoms with Gasteiger partial charge in [-0.15, -0.1) is 0 Å². The Bertz CT molecular complexity index is 721. The Balaban J connectivity index is 2.37. The molecule has 0 spiro atoms. The lowest BCUT2D eigenvalue weighted by molar-refractivity contribution is 0.102. The number of phenolic OH excluding ortho intramolecular Hbond substituents is 1. The van der Waals surface area contributed by atoms with E-state index < -0.39 is 5.91 Å². The van der Waals surface area contributed by atoms with Crippen LogP contribution in [-0.2, 0) is 7.05 Å². The summed E-state index contributed by atoms with van der Waals surface area (Å²) >= 11 is 0. The van der Waals surface area contributed by atoms with Crippen molar-refractivity contribution in [1.29, 1.82) is 0 Å². The Morgan fingerprint density at radius 3 is 2.81 bits per heavy atom. The van der Waals surface area contributed by atoms with Gasteiger partial charge in [0.1, 0.15) is 11.6 Å². The Labute approximate surface area is 120 Å². The number of amidine groups is 1. The number of nitrogens with two attached hydrogens (primary N) is 1. The van der Waals surface area contributed by atoms with Crippen molar-refractivity contribution < 1.29 is 15.1 Å². The van der Waals surface area contributed by atoms with Gasteiger partial charge in [-0.05, 0) is 19.1 Å². The van der Waals surface area contributed by atoms with E-state index in [1.165, 1.54) is 16.9 Å². The lowest BCUT2D eigenvalue weighted by Crippen LogP contribution is -2.20. The fourth-order valence-corrected chi connectivity index (χ4v) is 1.87. The summed E-state index contributed by atoms with van der Waals surface area (Å²) < 4.78 is 1.39. The molecule has 8 nitrogen and oxygen atoms in total. The molecule has 0 radical (unpaired) electrons. The van der Waals surface area contributed by atoms with Gasteiger partial charge in [0.25, 0.3) is 5.91 Å². The molecule has 0 fully saturated rings. The minimum absolute atomic E-state index is 0.0318. The van der Waals surface area contributed by atoms with Gasteiger partial charge < -0.3 is 21.4 Å². The zero-order valence-corrected chi connectivity index (χ0v) is 11.5. The summed E-state index contributed by atoms with van der Waals surface area (Å²) in [7, 11) is 1.61. The number of amides is 1. The number of hydrogen-bond donors (Lipinski definition) is 4. The van der Waals surface area contributed by atoms with E-state index in [0.29, 0.717) is 16.7 Å². The van der Waals surface area contributed by atoms with Crippen LogP contribution >= 0.6 is 0 Å². The SMILES string of the molecule is Cc1c(O)cccc1C(=O)Nc1c(/C(N)=N/O)cnn1C. The highest BCUT2D eigenvalue weighted by atomic mass is 16.4. The third-order valence-corrected chi connectivity index (χ3v) is 3.10. The largest absolute Gasteiger partial charge is 0.508 e. The Hall–Kier alpha value is -3.03. The van der Waals surface area contributed by atoms with Gasteiger partial charge in [-0.3, -0.25) is 9.48 Å². The molecule has 1 aromatic carbocycles. The number of aryl methyl sites for hydroxylation is 1. The number of anilines is 1. The molecule has 5 N–H and O–H groups in total. The molecule has 1 amide bonds. The molecule has 110 valence electrons. The summed E-state index contributed by atoms with van der Waals surface area (Å²) in [6, 6.07) is 4.66. The predicted octanol–water partition coefficient (Wildman–Crippen LogP) is 0.781. The monoisotopic (exact) mass is 289 g/mol. The number of carbonyl (C=O) groups is 1. The summed E-state index contributed by atoms with van der Waals surface area (Å²) in [4.78, 5) is 12.3. The standard InChI is InChI=1S/C13H15N5O3/c1-7-8(4-3-5-10(7)19)13(20)16-12-9(11(14)17-21)6-15-18(12)2/h3-6,19,21H,1-2H3,(H2,14,17)(H,16,20). The molecule has 2 rings (SSSR count). The molecular formula is C13H15N5O3. The van der Waals surface area contributed by atoms with E-state index >= 15 is 0 Å². The lowest BCUT2D eigenvalue weighted by atomic mass is 10.1. The molecule has 2 aromatic rings. The van der Waals surface area contributed by atoms with Crippen LogP contribution in [0.25, 0.3) is 0 Å². The molecule has 21 heavy (non-hydrogen) atoms. The molecule has 0 saturated carbocycles. The van der Waals surface area contributed by atoms with Crippen molar-refractivity contribution in [1.82, 2.24) is 9.78 Å². The number of aromatic nitrogens is 2. The quantitative estimate of drug-likeness (QED) is 0.287. The van der Waals surface area contributed by atoms with Crippen LogP contribution in [0.15, 0.2) is 29.6 Å². The molecule has 8 heteroatoms. The fraction of sp³-hybridized carbons (Fsp3) is 0.154. The average Bonchev–Trinajstić information content (AvgIpc) is 2.82. The normalized spacial score (nSPS) is 11.4. The maximum absolute atomic E-state index is 12.3. The van der Waals surface area contributed by atoms with Crippen molar-refractivity contribution in [3.63, 3.8) is 0 Å². The number of carbonyl (C=O) groups excluding carboxylic acids is 1. The van der Waals surface area contributed by atoms with E-state index in [-0.39, 0.29) is 17.4 Å². The number of nitrogens with one attached hydrogen (secondary N) is 1. The molecule has 1 aromatic heterocycles. The highest BCUT2D eigenvalue weighted by Crippen LogP contribution is 2.21. The molecule has 0 aliphatic heterocycles. The molecule has 0 aliphatic rings. The molecule has 0 unspecified atom stereocenters. The van der Waals surface area contributed by atoms with Gasteiger partial charge in [-0.25, -0.2) is 0 Å². The average molecular weight is 289 g/mol. The zero-order chi connectivity index (χ0) is 15.6. The van der Waals surface area contributed by atoms with Crippen molar-refractivity contribution in [2.75, 3.05) is 5.32 Å². The maximum atomic E-state index is 12.3. The Morgan fingerprint density at radius 1 is 1.43 bits per heavy atom. The molecule has 0 aliphatic carbocycles. The Kier molecular flexibility index (Phi) is 3.79. The second kappa shape index (κ2) is 5.53. The number of benzene rings is 1. The summed E-state index contributed by atoms with van der Waals surface area (Å²) in [5, 5.41) is 27.9.